The number of benzene rings is 1. The van der Waals surface area contributed by atoms with Crippen LogP contribution in [0.1, 0.15) is 34.8 Å². The lowest BCUT2D eigenvalue weighted by Crippen LogP contribution is -2.01. The molecule has 1 fully saturated rings. The SMILES string of the molecule is Cn1nc(C(=O)O)c(C2CC2)c1-c1ccccc1. The quantitative estimate of drug-likeness (QED) is 0.900. The summed E-state index contributed by atoms with van der Waals surface area (Å²) in [5, 5.41) is 13.4. The van der Waals surface area contributed by atoms with Gasteiger partial charge in [0, 0.05) is 18.2 Å². The summed E-state index contributed by atoms with van der Waals surface area (Å²) in [6.45, 7) is 0. The smallest absolute Gasteiger partial charge is 0.356 e. The average molecular weight is 242 g/mol. The van der Waals surface area contributed by atoms with Crippen LogP contribution in [0.25, 0.3) is 11.3 Å². The molecule has 1 aliphatic rings. The molecule has 18 heavy (non-hydrogen) atoms. The van der Waals surface area contributed by atoms with E-state index in [0.29, 0.717) is 5.92 Å². The van der Waals surface area contributed by atoms with Gasteiger partial charge in [-0.05, 0) is 18.8 Å². The van der Waals surface area contributed by atoms with Gasteiger partial charge in [-0.1, -0.05) is 30.3 Å². The van der Waals surface area contributed by atoms with Gasteiger partial charge in [-0.2, -0.15) is 5.10 Å². The lowest BCUT2D eigenvalue weighted by atomic mass is 10.0. The number of hydrogen-bond acceptors (Lipinski definition) is 2. The minimum Gasteiger partial charge on any atom is -0.476 e. The minimum atomic E-state index is -0.935. The molecule has 0 radical (unpaired) electrons. The summed E-state index contributed by atoms with van der Waals surface area (Å²) in [5.74, 6) is -0.574. The van der Waals surface area contributed by atoms with Crippen molar-refractivity contribution in [2.45, 2.75) is 18.8 Å². The zero-order chi connectivity index (χ0) is 12.7. The first-order chi connectivity index (χ1) is 8.68. The van der Waals surface area contributed by atoms with Gasteiger partial charge in [0.15, 0.2) is 5.69 Å². The predicted octanol–water partition coefficient (Wildman–Crippen LogP) is 2.66. The zero-order valence-corrected chi connectivity index (χ0v) is 10.1. The highest BCUT2D eigenvalue weighted by atomic mass is 16.4. The van der Waals surface area contributed by atoms with E-state index >= 15 is 0 Å². The van der Waals surface area contributed by atoms with Crippen molar-refractivity contribution in [3.05, 3.63) is 41.6 Å². The van der Waals surface area contributed by atoms with Gasteiger partial charge in [0.1, 0.15) is 0 Å². The molecule has 3 rings (SSSR count). The van der Waals surface area contributed by atoms with Crippen molar-refractivity contribution in [2.24, 2.45) is 7.05 Å². The van der Waals surface area contributed by atoms with Crippen LogP contribution in [0.5, 0.6) is 0 Å². The molecule has 1 aromatic carbocycles. The molecule has 0 unspecified atom stereocenters. The summed E-state index contributed by atoms with van der Waals surface area (Å²) < 4.78 is 1.69. The number of carbonyl (C=O) groups is 1. The van der Waals surface area contributed by atoms with Gasteiger partial charge in [0.25, 0.3) is 0 Å². The number of rotatable bonds is 3. The Kier molecular flexibility index (Phi) is 2.44. The number of aromatic carboxylic acids is 1. The lowest BCUT2D eigenvalue weighted by Gasteiger charge is -2.05. The fourth-order valence-electron chi connectivity index (χ4n) is 2.40. The molecular formula is C14H14N2O2. The van der Waals surface area contributed by atoms with E-state index in [-0.39, 0.29) is 5.69 Å². The summed E-state index contributed by atoms with van der Waals surface area (Å²) in [5.41, 5.74) is 3.08. The summed E-state index contributed by atoms with van der Waals surface area (Å²) in [7, 11) is 1.81. The third-order valence-electron chi connectivity index (χ3n) is 3.32. The Morgan fingerprint density at radius 2 is 2.00 bits per heavy atom. The Balaban J connectivity index is 2.22. The van der Waals surface area contributed by atoms with Crippen LogP contribution in [0.3, 0.4) is 0 Å². The second-order valence-corrected chi connectivity index (χ2v) is 4.68. The van der Waals surface area contributed by atoms with Crippen LogP contribution in [0, 0.1) is 0 Å². The molecule has 92 valence electrons. The van der Waals surface area contributed by atoms with Crippen molar-refractivity contribution in [1.29, 1.82) is 0 Å². The molecule has 1 aliphatic carbocycles. The van der Waals surface area contributed by atoms with E-state index in [1.807, 2.05) is 30.3 Å². The fourth-order valence-corrected chi connectivity index (χ4v) is 2.40. The van der Waals surface area contributed by atoms with Crippen LogP contribution in [-0.2, 0) is 7.05 Å². The summed E-state index contributed by atoms with van der Waals surface area (Å²) in [6.07, 6.45) is 2.12. The molecule has 1 aromatic heterocycles. The largest absolute Gasteiger partial charge is 0.476 e. The number of carboxylic acid groups (broad SMARTS) is 1. The van der Waals surface area contributed by atoms with Gasteiger partial charge in [0.2, 0.25) is 0 Å². The summed E-state index contributed by atoms with van der Waals surface area (Å²) in [4.78, 5) is 11.3. The minimum absolute atomic E-state index is 0.207. The van der Waals surface area contributed by atoms with Crippen LogP contribution >= 0.6 is 0 Å². The third kappa shape index (κ3) is 1.70. The van der Waals surface area contributed by atoms with E-state index in [0.717, 1.165) is 29.7 Å². The molecule has 0 bridgehead atoms. The molecular weight excluding hydrogens is 228 g/mol. The molecule has 1 heterocycles. The predicted molar refractivity (Wildman–Crippen MR) is 67.6 cm³/mol. The first-order valence-corrected chi connectivity index (χ1v) is 6.04. The molecule has 0 saturated heterocycles. The maximum Gasteiger partial charge on any atom is 0.356 e. The van der Waals surface area contributed by atoms with E-state index in [9.17, 15) is 9.90 Å². The van der Waals surface area contributed by atoms with Crippen molar-refractivity contribution in [3.8, 4) is 11.3 Å². The highest BCUT2D eigenvalue weighted by molar-refractivity contribution is 5.90. The van der Waals surface area contributed by atoms with Crippen LogP contribution in [0.2, 0.25) is 0 Å². The first-order valence-electron chi connectivity index (χ1n) is 6.04. The van der Waals surface area contributed by atoms with Crippen LogP contribution < -0.4 is 0 Å². The van der Waals surface area contributed by atoms with E-state index < -0.39 is 5.97 Å². The standard InChI is InChI=1S/C14H14N2O2/c1-16-13(10-5-3-2-4-6-10)11(9-7-8-9)12(15-16)14(17)18/h2-6,9H,7-8H2,1H3,(H,17,18). The maximum absolute atomic E-state index is 11.3. The lowest BCUT2D eigenvalue weighted by molar-refractivity contribution is 0.0688. The zero-order valence-electron chi connectivity index (χ0n) is 10.1. The van der Waals surface area contributed by atoms with E-state index in [2.05, 4.69) is 5.10 Å². The van der Waals surface area contributed by atoms with Crippen LogP contribution in [0.15, 0.2) is 30.3 Å². The Bertz CT molecular complexity index is 598. The van der Waals surface area contributed by atoms with Crippen molar-refractivity contribution < 1.29 is 9.90 Å². The van der Waals surface area contributed by atoms with Gasteiger partial charge in [0.05, 0.1) is 5.69 Å². The number of hydrogen-bond donors (Lipinski definition) is 1. The Morgan fingerprint density at radius 1 is 1.33 bits per heavy atom. The normalized spacial score (nSPS) is 14.7. The molecule has 4 heteroatoms. The van der Waals surface area contributed by atoms with Crippen molar-refractivity contribution >= 4 is 5.97 Å². The second kappa shape index (κ2) is 3.98. The molecule has 4 nitrogen and oxygen atoms in total. The van der Waals surface area contributed by atoms with Gasteiger partial charge in [-0.25, -0.2) is 4.79 Å². The summed E-state index contributed by atoms with van der Waals surface area (Å²) in [6, 6.07) is 9.86. The third-order valence-corrected chi connectivity index (χ3v) is 3.32. The van der Waals surface area contributed by atoms with Crippen LogP contribution in [0.4, 0.5) is 0 Å². The van der Waals surface area contributed by atoms with Gasteiger partial charge >= 0.3 is 5.97 Å². The Labute approximate surface area is 105 Å². The first kappa shape index (κ1) is 11.0. The van der Waals surface area contributed by atoms with E-state index in [1.165, 1.54) is 0 Å². The molecule has 1 saturated carbocycles. The van der Waals surface area contributed by atoms with Crippen molar-refractivity contribution in [2.75, 3.05) is 0 Å². The Morgan fingerprint density at radius 3 is 2.56 bits per heavy atom. The van der Waals surface area contributed by atoms with Crippen molar-refractivity contribution in [1.82, 2.24) is 9.78 Å². The highest BCUT2D eigenvalue weighted by Crippen LogP contribution is 2.45. The Hall–Kier alpha value is -2.10. The number of nitrogens with zero attached hydrogens (tertiary/aromatic N) is 2. The molecule has 0 aliphatic heterocycles. The second-order valence-electron chi connectivity index (χ2n) is 4.68. The topological polar surface area (TPSA) is 55.1 Å². The molecule has 1 N–H and O–H groups in total. The van der Waals surface area contributed by atoms with Crippen molar-refractivity contribution in [3.63, 3.8) is 0 Å². The molecule has 0 atom stereocenters. The van der Waals surface area contributed by atoms with Gasteiger partial charge < -0.3 is 5.11 Å². The van der Waals surface area contributed by atoms with E-state index in [4.69, 9.17) is 0 Å². The number of carboxylic acids is 1. The molecule has 0 spiro atoms. The molecule has 2 aromatic rings. The van der Waals surface area contributed by atoms with Gasteiger partial charge in [-0.3, -0.25) is 4.68 Å². The van der Waals surface area contributed by atoms with Crippen LogP contribution in [-0.4, -0.2) is 20.9 Å². The monoisotopic (exact) mass is 242 g/mol. The highest BCUT2D eigenvalue weighted by Gasteiger charge is 2.34. The van der Waals surface area contributed by atoms with Gasteiger partial charge in [-0.15, -0.1) is 0 Å². The number of aromatic nitrogens is 2. The average Bonchev–Trinajstić information content (AvgIpc) is 3.13. The maximum atomic E-state index is 11.3. The summed E-state index contributed by atoms with van der Waals surface area (Å²) >= 11 is 0. The fraction of sp³-hybridized carbons (Fsp3) is 0.286. The van der Waals surface area contributed by atoms with E-state index in [1.54, 1.807) is 11.7 Å². The molecule has 0 amide bonds. The number of aryl methyl sites for hydroxylation is 1.